The molecule has 2 aliphatic rings. The van der Waals surface area contributed by atoms with Crippen LogP contribution in [0.25, 0.3) is 0 Å². The first-order valence-electron chi connectivity index (χ1n) is 10.2. The third kappa shape index (κ3) is 5.42. The van der Waals surface area contributed by atoms with E-state index in [1.165, 1.54) is 6.07 Å². The molecule has 0 aromatic heterocycles. The first-order chi connectivity index (χ1) is 14.5. The summed E-state index contributed by atoms with van der Waals surface area (Å²) >= 11 is 6.37. The van der Waals surface area contributed by atoms with Crippen molar-refractivity contribution in [2.75, 3.05) is 45.3 Å². The average molecular weight is 435 g/mol. The van der Waals surface area contributed by atoms with E-state index in [1.54, 1.807) is 7.11 Å². The maximum absolute atomic E-state index is 12.9. The number of nitriles is 1. The van der Waals surface area contributed by atoms with Crippen molar-refractivity contribution < 1.29 is 19.1 Å². The van der Waals surface area contributed by atoms with E-state index >= 15 is 0 Å². The van der Waals surface area contributed by atoms with Gasteiger partial charge in [0.05, 0.1) is 28.9 Å². The molecule has 2 heterocycles. The SMILES string of the molecule is COCCCN1CCC(NC(=O)c2cc(Cl)c(NC(=O)CC#N)c3c2OCC3)CC1. The second kappa shape index (κ2) is 10.6. The first kappa shape index (κ1) is 22.3. The number of amides is 2. The van der Waals surface area contributed by atoms with E-state index < -0.39 is 5.91 Å². The molecule has 1 aromatic carbocycles. The molecule has 0 saturated carbocycles. The van der Waals surface area contributed by atoms with Crippen LogP contribution in [0.15, 0.2) is 6.07 Å². The van der Waals surface area contributed by atoms with Crippen molar-refractivity contribution in [1.82, 2.24) is 10.2 Å². The summed E-state index contributed by atoms with van der Waals surface area (Å²) in [5.74, 6) is -0.202. The molecule has 0 bridgehead atoms. The quantitative estimate of drug-likeness (QED) is 0.609. The van der Waals surface area contributed by atoms with Crippen LogP contribution in [-0.2, 0) is 16.0 Å². The Morgan fingerprint density at radius 3 is 2.87 bits per heavy atom. The number of fused-ring (bicyclic) bond motifs is 1. The van der Waals surface area contributed by atoms with Gasteiger partial charge in [-0.3, -0.25) is 9.59 Å². The summed E-state index contributed by atoms with van der Waals surface area (Å²) in [7, 11) is 1.71. The highest BCUT2D eigenvalue weighted by molar-refractivity contribution is 6.34. The van der Waals surface area contributed by atoms with Crippen molar-refractivity contribution >= 4 is 29.1 Å². The van der Waals surface area contributed by atoms with Crippen LogP contribution in [0, 0.1) is 11.3 Å². The van der Waals surface area contributed by atoms with Crippen molar-refractivity contribution in [3.8, 4) is 11.8 Å². The maximum atomic E-state index is 12.9. The Bertz CT molecular complexity index is 831. The molecule has 2 aliphatic heterocycles. The molecule has 1 fully saturated rings. The molecule has 0 radical (unpaired) electrons. The minimum absolute atomic E-state index is 0.0991. The number of anilines is 1. The Labute approximate surface area is 181 Å². The van der Waals surface area contributed by atoms with Gasteiger partial charge in [0, 0.05) is 51.4 Å². The second-order valence-electron chi connectivity index (χ2n) is 7.51. The van der Waals surface area contributed by atoms with Crippen molar-refractivity contribution in [2.45, 2.75) is 38.1 Å². The molecular weight excluding hydrogens is 408 g/mol. The predicted molar refractivity (Wildman–Crippen MR) is 113 cm³/mol. The van der Waals surface area contributed by atoms with E-state index in [2.05, 4.69) is 15.5 Å². The van der Waals surface area contributed by atoms with Gasteiger partial charge >= 0.3 is 0 Å². The number of hydrogen-bond donors (Lipinski definition) is 2. The molecule has 9 heteroatoms. The standard InChI is InChI=1S/C21H27ClN4O4/c1-29-11-2-8-26-9-4-14(5-10-26)24-21(28)16-13-17(22)19(25-18(27)3-7-23)15-6-12-30-20(15)16/h13-14H,2-6,8-12H2,1H3,(H,24,28)(H,25,27). The topological polar surface area (TPSA) is 104 Å². The van der Waals surface area contributed by atoms with Gasteiger partial charge in [0.25, 0.3) is 5.91 Å². The van der Waals surface area contributed by atoms with Gasteiger partial charge in [-0.2, -0.15) is 5.26 Å². The summed E-state index contributed by atoms with van der Waals surface area (Å²) in [5, 5.41) is 14.7. The summed E-state index contributed by atoms with van der Waals surface area (Å²) in [4.78, 5) is 27.2. The molecule has 1 saturated heterocycles. The zero-order valence-corrected chi connectivity index (χ0v) is 17.9. The number of methoxy groups -OCH3 is 1. The van der Waals surface area contributed by atoms with Crippen LogP contribution in [0.4, 0.5) is 5.69 Å². The minimum Gasteiger partial charge on any atom is -0.492 e. The van der Waals surface area contributed by atoms with Crippen LogP contribution in [0.1, 0.15) is 41.6 Å². The molecule has 162 valence electrons. The summed E-state index contributed by atoms with van der Waals surface area (Å²) in [6, 6.07) is 3.44. The summed E-state index contributed by atoms with van der Waals surface area (Å²) in [5.41, 5.74) is 1.51. The summed E-state index contributed by atoms with van der Waals surface area (Å²) < 4.78 is 10.8. The second-order valence-corrected chi connectivity index (χ2v) is 7.91. The van der Waals surface area contributed by atoms with Gasteiger partial charge in [0.15, 0.2) is 0 Å². The van der Waals surface area contributed by atoms with E-state index in [9.17, 15) is 9.59 Å². The van der Waals surface area contributed by atoms with Gasteiger partial charge in [-0.05, 0) is 25.3 Å². The molecule has 30 heavy (non-hydrogen) atoms. The molecule has 3 rings (SSSR count). The number of likely N-dealkylation sites (tertiary alicyclic amines) is 1. The zero-order valence-electron chi connectivity index (χ0n) is 17.1. The number of carbonyl (C=O) groups is 2. The lowest BCUT2D eigenvalue weighted by Gasteiger charge is -2.32. The number of hydrogen-bond acceptors (Lipinski definition) is 6. The van der Waals surface area contributed by atoms with Gasteiger partial charge in [-0.1, -0.05) is 11.6 Å². The Kier molecular flexibility index (Phi) is 7.91. The fourth-order valence-electron chi connectivity index (χ4n) is 3.90. The first-order valence-corrected chi connectivity index (χ1v) is 10.6. The molecule has 1 aromatic rings. The van der Waals surface area contributed by atoms with Gasteiger partial charge in [-0.25, -0.2) is 0 Å². The van der Waals surface area contributed by atoms with Gasteiger partial charge < -0.3 is 25.0 Å². The average Bonchev–Trinajstić information content (AvgIpc) is 3.21. The molecule has 0 unspecified atom stereocenters. The van der Waals surface area contributed by atoms with Crippen LogP contribution in [0.5, 0.6) is 5.75 Å². The molecule has 8 nitrogen and oxygen atoms in total. The van der Waals surface area contributed by atoms with Crippen molar-refractivity contribution in [2.24, 2.45) is 0 Å². The maximum Gasteiger partial charge on any atom is 0.255 e. The fraction of sp³-hybridized carbons (Fsp3) is 0.571. The highest BCUT2D eigenvalue weighted by Gasteiger charge is 2.29. The third-order valence-corrected chi connectivity index (χ3v) is 5.72. The molecule has 0 atom stereocenters. The van der Waals surface area contributed by atoms with Crippen LogP contribution in [0.3, 0.4) is 0 Å². The lowest BCUT2D eigenvalue weighted by molar-refractivity contribution is -0.115. The third-order valence-electron chi connectivity index (χ3n) is 5.42. The van der Waals surface area contributed by atoms with Crippen molar-refractivity contribution in [3.05, 3.63) is 22.2 Å². The highest BCUT2D eigenvalue weighted by atomic mass is 35.5. The smallest absolute Gasteiger partial charge is 0.255 e. The molecular formula is C21H27ClN4O4. The minimum atomic E-state index is -0.442. The predicted octanol–water partition coefficient (Wildman–Crippen LogP) is 2.36. The van der Waals surface area contributed by atoms with Crippen LogP contribution in [-0.4, -0.2) is 62.7 Å². The Balaban J connectivity index is 1.64. The number of ether oxygens (including phenoxy) is 2. The van der Waals surface area contributed by atoms with E-state index in [-0.39, 0.29) is 23.4 Å². The van der Waals surface area contributed by atoms with Crippen molar-refractivity contribution in [1.29, 1.82) is 5.26 Å². The highest BCUT2D eigenvalue weighted by Crippen LogP contribution is 2.40. The molecule has 2 N–H and O–H groups in total. The molecule has 2 amide bonds. The van der Waals surface area contributed by atoms with E-state index in [4.69, 9.17) is 26.3 Å². The van der Waals surface area contributed by atoms with Gasteiger partial charge in [0.1, 0.15) is 12.2 Å². The number of carbonyl (C=O) groups excluding carboxylic acids is 2. The number of benzene rings is 1. The van der Waals surface area contributed by atoms with E-state index in [0.29, 0.717) is 35.6 Å². The monoisotopic (exact) mass is 434 g/mol. The lowest BCUT2D eigenvalue weighted by Crippen LogP contribution is -2.45. The number of nitrogens with zero attached hydrogens (tertiary/aromatic N) is 2. The lowest BCUT2D eigenvalue weighted by atomic mass is 10.0. The molecule has 0 aliphatic carbocycles. The summed E-state index contributed by atoms with van der Waals surface area (Å²) in [6.45, 7) is 4.05. The number of piperidine rings is 1. The fourth-order valence-corrected chi connectivity index (χ4v) is 4.17. The number of rotatable bonds is 8. The van der Waals surface area contributed by atoms with Crippen LogP contribution < -0.4 is 15.4 Å². The van der Waals surface area contributed by atoms with Crippen LogP contribution in [0.2, 0.25) is 5.02 Å². The van der Waals surface area contributed by atoms with E-state index in [1.807, 2.05) is 6.07 Å². The molecule has 0 spiro atoms. The van der Waals surface area contributed by atoms with Crippen LogP contribution >= 0.6 is 11.6 Å². The Morgan fingerprint density at radius 1 is 1.40 bits per heavy atom. The van der Waals surface area contributed by atoms with Gasteiger partial charge in [0.2, 0.25) is 5.91 Å². The Hall–Kier alpha value is -2.34. The Morgan fingerprint density at radius 2 is 2.17 bits per heavy atom. The number of nitrogens with one attached hydrogen (secondary N) is 2. The zero-order chi connectivity index (χ0) is 21.5. The van der Waals surface area contributed by atoms with Gasteiger partial charge in [-0.15, -0.1) is 0 Å². The van der Waals surface area contributed by atoms with E-state index in [0.717, 1.165) is 45.5 Å². The van der Waals surface area contributed by atoms with Crippen molar-refractivity contribution in [3.63, 3.8) is 0 Å². The summed E-state index contributed by atoms with van der Waals surface area (Å²) in [6.07, 6.45) is 3.05. The normalized spacial score (nSPS) is 16.4. The largest absolute Gasteiger partial charge is 0.492 e. The number of halogens is 1.